The second kappa shape index (κ2) is 7.04. The van der Waals surface area contributed by atoms with Crippen LogP contribution in [0.5, 0.6) is 0 Å². The Bertz CT molecular complexity index is 482. The Labute approximate surface area is 110 Å². The highest BCUT2D eigenvalue weighted by Gasteiger charge is 2.03. The molecule has 0 bridgehead atoms. The van der Waals surface area contributed by atoms with E-state index in [1.165, 1.54) is 31.2 Å². The van der Waals surface area contributed by atoms with E-state index in [4.69, 9.17) is 5.73 Å². The van der Waals surface area contributed by atoms with Crippen LogP contribution >= 0.6 is 0 Å². The van der Waals surface area contributed by atoms with Gasteiger partial charge in [0.25, 0.3) is 0 Å². The zero-order valence-corrected chi connectivity index (χ0v) is 12.0. The lowest BCUT2D eigenvalue weighted by Crippen LogP contribution is -1.91. The second-order valence-corrected chi connectivity index (χ2v) is 4.74. The smallest absolute Gasteiger partial charge is 0.153 e. The second-order valence-electron chi connectivity index (χ2n) is 4.74. The molecule has 1 heterocycles. The molecular formula is C15H25N3. The van der Waals surface area contributed by atoms with Gasteiger partial charge in [-0.2, -0.15) is 5.10 Å². The molecule has 0 aliphatic carbocycles. The molecule has 1 aromatic carbocycles. The maximum atomic E-state index is 5.70. The molecule has 3 nitrogen and oxygen atoms in total. The maximum absolute atomic E-state index is 5.70. The first kappa shape index (κ1) is 14.6. The van der Waals surface area contributed by atoms with Crippen molar-refractivity contribution in [3.8, 4) is 0 Å². The van der Waals surface area contributed by atoms with Crippen LogP contribution < -0.4 is 5.73 Å². The monoisotopic (exact) mass is 247 g/mol. The summed E-state index contributed by atoms with van der Waals surface area (Å²) in [6.07, 6.45) is 5.54. The molecule has 0 unspecified atom stereocenters. The van der Waals surface area contributed by atoms with Crippen molar-refractivity contribution in [3.63, 3.8) is 0 Å². The van der Waals surface area contributed by atoms with E-state index in [1.807, 2.05) is 19.2 Å². The predicted octanol–water partition coefficient (Wildman–Crippen LogP) is 4.05. The van der Waals surface area contributed by atoms with Gasteiger partial charge in [0, 0.05) is 12.4 Å². The zero-order valence-electron chi connectivity index (χ0n) is 12.0. The zero-order chi connectivity index (χ0) is 13.5. The number of anilines is 1. The fraction of sp³-hybridized carbons (Fsp3) is 0.533. The number of rotatable bonds is 3. The van der Waals surface area contributed by atoms with Crippen molar-refractivity contribution in [2.45, 2.75) is 46.5 Å². The topological polar surface area (TPSA) is 43.8 Å². The van der Waals surface area contributed by atoms with Gasteiger partial charge in [-0.3, -0.25) is 4.68 Å². The number of unbranched alkanes of at least 4 members (excludes halogenated alkanes) is 3. The third kappa shape index (κ3) is 3.76. The lowest BCUT2D eigenvalue weighted by molar-refractivity contribution is 0.702. The van der Waals surface area contributed by atoms with E-state index >= 15 is 0 Å². The standard InChI is InChI=1S/C9H11N3.C6H14/c1-6-3-4-7-8(5-6)12(2)11-9(7)10;1-3-5-6-4-2/h3-5H,1-2H3,(H2,10,11);3-6H2,1-2H3. The third-order valence-corrected chi connectivity index (χ3v) is 2.99. The Morgan fingerprint density at radius 1 is 1.17 bits per heavy atom. The van der Waals surface area contributed by atoms with Crippen molar-refractivity contribution in [3.05, 3.63) is 23.8 Å². The van der Waals surface area contributed by atoms with Gasteiger partial charge in [-0.1, -0.05) is 45.6 Å². The van der Waals surface area contributed by atoms with Gasteiger partial charge < -0.3 is 5.73 Å². The summed E-state index contributed by atoms with van der Waals surface area (Å²) < 4.78 is 1.80. The fourth-order valence-electron chi connectivity index (χ4n) is 1.90. The van der Waals surface area contributed by atoms with Crippen LogP contribution in [-0.2, 0) is 7.05 Å². The molecule has 0 saturated heterocycles. The Hall–Kier alpha value is -1.51. The number of aryl methyl sites for hydroxylation is 2. The van der Waals surface area contributed by atoms with Crippen LogP contribution in [-0.4, -0.2) is 9.78 Å². The normalized spacial score (nSPS) is 10.2. The van der Waals surface area contributed by atoms with Crippen LogP contribution in [0.1, 0.15) is 45.1 Å². The summed E-state index contributed by atoms with van der Waals surface area (Å²) in [4.78, 5) is 0. The van der Waals surface area contributed by atoms with Crippen molar-refractivity contribution in [1.82, 2.24) is 9.78 Å². The number of hydrogen-bond donors (Lipinski definition) is 1. The maximum Gasteiger partial charge on any atom is 0.153 e. The Morgan fingerprint density at radius 2 is 1.78 bits per heavy atom. The number of nitrogens with two attached hydrogens (primary N) is 1. The van der Waals surface area contributed by atoms with E-state index in [2.05, 4.69) is 31.9 Å². The van der Waals surface area contributed by atoms with Gasteiger partial charge >= 0.3 is 0 Å². The largest absolute Gasteiger partial charge is 0.382 e. The van der Waals surface area contributed by atoms with Gasteiger partial charge in [0.05, 0.1) is 5.52 Å². The lowest BCUT2D eigenvalue weighted by atomic mass is 10.2. The van der Waals surface area contributed by atoms with E-state index in [0.717, 1.165) is 10.9 Å². The van der Waals surface area contributed by atoms with E-state index in [9.17, 15) is 0 Å². The minimum absolute atomic E-state index is 0.604. The van der Waals surface area contributed by atoms with Gasteiger partial charge in [-0.15, -0.1) is 0 Å². The number of hydrogen-bond acceptors (Lipinski definition) is 2. The minimum atomic E-state index is 0.604. The fourth-order valence-corrected chi connectivity index (χ4v) is 1.90. The van der Waals surface area contributed by atoms with E-state index in [1.54, 1.807) is 4.68 Å². The molecule has 2 N–H and O–H groups in total. The molecule has 1 aromatic heterocycles. The number of nitrogen functional groups attached to an aromatic ring is 1. The predicted molar refractivity (Wildman–Crippen MR) is 79.7 cm³/mol. The van der Waals surface area contributed by atoms with Gasteiger partial charge in [0.1, 0.15) is 0 Å². The lowest BCUT2D eigenvalue weighted by Gasteiger charge is -1.94. The van der Waals surface area contributed by atoms with Crippen LogP contribution in [0.2, 0.25) is 0 Å². The molecule has 0 amide bonds. The quantitative estimate of drug-likeness (QED) is 0.831. The third-order valence-electron chi connectivity index (χ3n) is 2.99. The summed E-state index contributed by atoms with van der Waals surface area (Å²) in [5, 5.41) is 5.16. The molecule has 18 heavy (non-hydrogen) atoms. The highest BCUT2D eigenvalue weighted by molar-refractivity contribution is 5.89. The molecule has 0 saturated carbocycles. The van der Waals surface area contributed by atoms with Crippen molar-refractivity contribution in [2.75, 3.05) is 5.73 Å². The van der Waals surface area contributed by atoms with Crippen molar-refractivity contribution in [2.24, 2.45) is 7.05 Å². The Kier molecular flexibility index (Phi) is 5.69. The Balaban J connectivity index is 0.000000232. The first-order chi connectivity index (χ1) is 8.60. The van der Waals surface area contributed by atoms with E-state index in [0.29, 0.717) is 5.82 Å². The van der Waals surface area contributed by atoms with Crippen LogP contribution in [0.3, 0.4) is 0 Å². The highest BCUT2D eigenvalue weighted by Crippen LogP contribution is 2.20. The first-order valence-electron chi connectivity index (χ1n) is 6.79. The van der Waals surface area contributed by atoms with Crippen molar-refractivity contribution < 1.29 is 0 Å². The summed E-state index contributed by atoms with van der Waals surface area (Å²) in [5.41, 5.74) is 8.01. The van der Waals surface area contributed by atoms with Crippen molar-refractivity contribution in [1.29, 1.82) is 0 Å². The van der Waals surface area contributed by atoms with E-state index in [-0.39, 0.29) is 0 Å². The molecule has 0 atom stereocenters. The average Bonchev–Trinajstić information content (AvgIpc) is 2.63. The van der Waals surface area contributed by atoms with Gasteiger partial charge in [0.15, 0.2) is 5.82 Å². The molecule has 2 rings (SSSR count). The van der Waals surface area contributed by atoms with Crippen LogP contribution in [0.25, 0.3) is 10.9 Å². The molecule has 0 spiro atoms. The van der Waals surface area contributed by atoms with Crippen LogP contribution in [0.4, 0.5) is 5.82 Å². The molecule has 0 aliphatic heterocycles. The molecule has 3 heteroatoms. The highest BCUT2D eigenvalue weighted by atomic mass is 15.3. The molecule has 100 valence electrons. The van der Waals surface area contributed by atoms with Gasteiger partial charge in [0.2, 0.25) is 0 Å². The molecule has 2 aromatic rings. The SMILES string of the molecule is CCCCCC.Cc1ccc2c(N)nn(C)c2c1. The molecule has 0 aliphatic rings. The van der Waals surface area contributed by atoms with Gasteiger partial charge in [-0.25, -0.2) is 0 Å². The first-order valence-corrected chi connectivity index (χ1v) is 6.79. The molecule has 0 fully saturated rings. The summed E-state index contributed by atoms with van der Waals surface area (Å²) in [7, 11) is 1.90. The number of fused-ring (bicyclic) bond motifs is 1. The van der Waals surface area contributed by atoms with Crippen LogP contribution in [0, 0.1) is 6.92 Å². The van der Waals surface area contributed by atoms with E-state index < -0.39 is 0 Å². The number of benzene rings is 1. The molecular weight excluding hydrogens is 222 g/mol. The van der Waals surface area contributed by atoms with Crippen molar-refractivity contribution >= 4 is 16.7 Å². The molecule has 0 radical (unpaired) electrons. The Morgan fingerprint density at radius 3 is 2.33 bits per heavy atom. The average molecular weight is 247 g/mol. The minimum Gasteiger partial charge on any atom is -0.382 e. The summed E-state index contributed by atoms with van der Waals surface area (Å²) in [5.74, 6) is 0.604. The number of nitrogens with zero attached hydrogens (tertiary/aromatic N) is 2. The summed E-state index contributed by atoms with van der Waals surface area (Å²) in [6.45, 7) is 6.52. The van der Waals surface area contributed by atoms with Gasteiger partial charge in [-0.05, 0) is 24.6 Å². The number of aromatic nitrogens is 2. The summed E-state index contributed by atoms with van der Waals surface area (Å²) >= 11 is 0. The van der Waals surface area contributed by atoms with Crippen LogP contribution in [0.15, 0.2) is 18.2 Å². The summed E-state index contributed by atoms with van der Waals surface area (Å²) in [6, 6.07) is 6.13.